The Morgan fingerprint density at radius 1 is 1.00 bits per heavy atom. The number of aromatic nitrogens is 2. The third kappa shape index (κ3) is 6.85. The van der Waals surface area contributed by atoms with Crippen LogP contribution in [0.25, 0.3) is 22.4 Å². The van der Waals surface area contributed by atoms with Crippen molar-refractivity contribution in [1.29, 1.82) is 0 Å². The van der Waals surface area contributed by atoms with Crippen LogP contribution in [0.2, 0.25) is 0 Å². The minimum Gasteiger partial charge on any atom is -0.461 e. The maximum atomic E-state index is 13.7. The highest BCUT2D eigenvalue weighted by Gasteiger charge is 2.35. The molecule has 1 aromatic heterocycles. The first-order valence-corrected chi connectivity index (χ1v) is 15.4. The summed E-state index contributed by atoms with van der Waals surface area (Å²) in [6.07, 6.45) is 8.05. The Morgan fingerprint density at radius 3 is 2.31 bits per heavy atom. The molecule has 1 fully saturated rings. The van der Waals surface area contributed by atoms with E-state index in [0.29, 0.717) is 17.8 Å². The third-order valence-corrected chi connectivity index (χ3v) is 8.61. The first kappa shape index (κ1) is 29.2. The molecule has 0 N–H and O–H groups in total. The molecule has 0 radical (unpaired) electrons. The molecule has 5 heteroatoms. The van der Waals surface area contributed by atoms with Crippen molar-refractivity contribution in [1.82, 2.24) is 9.55 Å². The van der Waals surface area contributed by atoms with Crippen molar-refractivity contribution in [3.63, 3.8) is 0 Å². The van der Waals surface area contributed by atoms with Gasteiger partial charge in [-0.05, 0) is 86.8 Å². The number of anilines is 1. The normalized spacial score (nSPS) is 20.3. The maximum absolute atomic E-state index is 13.7. The van der Waals surface area contributed by atoms with E-state index in [9.17, 15) is 4.79 Å². The van der Waals surface area contributed by atoms with E-state index in [4.69, 9.17) is 9.72 Å². The summed E-state index contributed by atoms with van der Waals surface area (Å²) >= 11 is 0. The van der Waals surface area contributed by atoms with Crippen LogP contribution < -0.4 is 4.90 Å². The molecular weight excluding hydrogens is 482 g/mol. The molecule has 1 unspecified atom stereocenters. The Kier molecular flexibility index (Phi) is 10.1. The second-order valence-corrected chi connectivity index (χ2v) is 12.0. The Labute approximate surface area is 236 Å². The molecule has 0 amide bonds. The molecule has 1 saturated carbocycles. The Balaban J connectivity index is 1.63. The lowest BCUT2D eigenvalue weighted by Gasteiger charge is -2.37. The number of hydrogen-bond acceptors (Lipinski definition) is 4. The van der Waals surface area contributed by atoms with Crippen molar-refractivity contribution in [2.45, 2.75) is 98.6 Å². The van der Waals surface area contributed by atoms with Gasteiger partial charge in [0.05, 0.1) is 11.0 Å². The van der Waals surface area contributed by atoms with Crippen molar-refractivity contribution in [2.75, 3.05) is 18.0 Å². The second kappa shape index (κ2) is 13.5. The van der Waals surface area contributed by atoms with Crippen LogP contribution in [-0.2, 0) is 9.53 Å². The van der Waals surface area contributed by atoms with Gasteiger partial charge in [0.1, 0.15) is 18.0 Å². The summed E-state index contributed by atoms with van der Waals surface area (Å²) in [6.45, 7) is 15.4. The highest BCUT2D eigenvalue weighted by Crippen LogP contribution is 2.37. The zero-order chi connectivity index (χ0) is 27.9. The molecule has 5 nitrogen and oxygen atoms in total. The van der Waals surface area contributed by atoms with Gasteiger partial charge in [-0.1, -0.05) is 66.0 Å². The van der Waals surface area contributed by atoms with Crippen molar-refractivity contribution in [3.05, 3.63) is 48.5 Å². The van der Waals surface area contributed by atoms with E-state index in [1.807, 2.05) is 25.1 Å². The molecule has 212 valence electrons. The highest BCUT2D eigenvalue weighted by molar-refractivity contribution is 5.85. The summed E-state index contributed by atoms with van der Waals surface area (Å²) in [4.78, 5) is 21.2. The van der Waals surface area contributed by atoms with Crippen molar-refractivity contribution < 1.29 is 9.53 Å². The first-order chi connectivity index (χ1) is 18.8. The first-order valence-electron chi connectivity index (χ1n) is 15.4. The third-order valence-electron chi connectivity index (χ3n) is 8.61. The predicted octanol–water partition coefficient (Wildman–Crippen LogP) is 8.67. The number of imidazole rings is 1. The van der Waals surface area contributed by atoms with E-state index >= 15 is 0 Å². The van der Waals surface area contributed by atoms with E-state index in [1.54, 1.807) is 0 Å². The zero-order valence-corrected chi connectivity index (χ0v) is 25.0. The summed E-state index contributed by atoms with van der Waals surface area (Å²) in [5.74, 6) is 2.17. The summed E-state index contributed by atoms with van der Waals surface area (Å²) < 4.78 is 8.37. The minimum atomic E-state index is -0.470. The lowest BCUT2D eigenvalue weighted by Crippen LogP contribution is -2.37. The van der Waals surface area contributed by atoms with Gasteiger partial charge in [0, 0.05) is 24.3 Å². The Hall–Kier alpha value is -2.82. The summed E-state index contributed by atoms with van der Waals surface area (Å²) in [5, 5.41) is 0. The van der Waals surface area contributed by atoms with Gasteiger partial charge < -0.3 is 14.2 Å². The number of para-hydroxylation sites is 2. The summed E-state index contributed by atoms with van der Waals surface area (Å²) in [5.41, 5.74) is 4.13. The van der Waals surface area contributed by atoms with E-state index in [2.05, 4.69) is 74.4 Å². The van der Waals surface area contributed by atoms with Gasteiger partial charge in [0.15, 0.2) is 0 Å². The minimum absolute atomic E-state index is 0.0153. The summed E-state index contributed by atoms with van der Waals surface area (Å²) in [6, 6.07) is 16.4. The van der Waals surface area contributed by atoms with Gasteiger partial charge >= 0.3 is 5.97 Å². The van der Waals surface area contributed by atoms with Crippen LogP contribution in [0, 0.1) is 17.8 Å². The van der Waals surface area contributed by atoms with Crippen LogP contribution in [0.15, 0.2) is 48.5 Å². The van der Waals surface area contributed by atoms with E-state index in [1.165, 1.54) is 37.8 Å². The molecule has 1 aliphatic rings. The average Bonchev–Trinajstić information content (AvgIpc) is 3.32. The number of carbonyl (C=O) groups is 1. The zero-order valence-electron chi connectivity index (χ0n) is 25.0. The van der Waals surface area contributed by atoms with Gasteiger partial charge in [-0.15, -0.1) is 0 Å². The Bertz CT molecular complexity index is 1190. The smallest absolute Gasteiger partial charge is 0.329 e. The quantitative estimate of drug-likeness (QED) is 0.219. The number of rotatable bonds is 12. The predicted molar refractivity (Wildman–Crippen MR) is 163 cm³/mol. The molecule has 0 saturated heterocycles. The van der Waals surface area contributed by atoms with Gasteiger partial charge in [0.2, 0.25) is 0 Å². The van der Waals surface area contributed by atoms with Crippen LogP contribution in [-0.4, -0.2) is 34.7 Å². The molecule has 39 heavy (non-hydrogen) atoms. The second-order valence-electron chi connectivity index (χ2n) is 12.0. The van der Waals surface area contributed by atoms with Gasteiger partial charge in [-0.25, -0.2) is 9.78 Å². The SMILES string of the molecule is CCCCN(CCCC)c1ccc(-c2nc3ccccc3n2[C@H](C)C(=O)OC2C[C@H](C)CC[C@H]2C(C)C)cc1. The van der Waals surface area contributed by atoms with Crippen LogP contribution >= 0.6 is 0 Å². The van der Waals surface area contributed by atoms with Gasteiger partial charge in [-0.2, -0.15) is 0 Å². The van der Waals surface area contributed by atoms with Crippen LogP contribution in [0.5, 0.6) is 0 Å². The average molecular weight is 532 g/mol. The van der Waals surface area contributed by atoms with Gasteiger partial charge in [0.25, 0.3) is 0 Å². The number of hydrogen-bond donors (Lipinski definition) is 0. The number of ether oxygens (including phenoxy) is 1. The molecule has 0 bridgehead atoms. The number of nitrogens with zero attached hydrogens (tertiary/aromatic N) is 3. The van der Waals surface area contributed by atoms with Crippen LogP contribution in [0.3, 0.4) is 0 Å². The monoisotopic (exact) mass is 531 g/mol. The van der Waals surface area contributed by atoms with Crippen molar-refractivity contribution in [3.8, 4) is 11.4 Å². The fraction of sp³-hybridized carbons (Fsp3) is 0.588. The summed E-state index contributed by atoms with van der Waals surface area (Å²) in [7, 11) is 0. The van der Waals surface area contributed by atoms with Crippen LogP contribution in [0.1, 0.15) is 92.5 Å². The lowest BCUT2D eigenvalue weighted by molar-refractivity contribution is -0.159. The number of fused-ring (bicyclic) bond motifs is 1. The van der Waals surface area contributed by atoms with Crippen LogP contribution in [0.4, 0.5) is 5.69 Å². The molecular formula is C34H49N3O2. The maximum Gasteiger partial charge on any atom is 0.329 e. The number of carbonyl (C=O) groups excluding carboxylic acids is 1. The fourth-order valence-electron chi connectivity index (χ4n) is 6.13. The molecule has 0 aliphatic heterocycles. The van der Waals surface area contributed by atoms with E-state index < -0.39 is 6.04 Å². The largest absolute Gasteiger partial charge is 0.461 e. The van der Waals surface area contributed by atoms with Gasteiger partial charge in [-0.3, -0.25) is 0 Å². The molecule has 4 rings (SSSR count). The molecule has 0 spiro atoms. The molecule has 1 aliphatic carbocycles. The topological polar surface area (TPSA) is 47.4 Å². The van der Waals surface area contributed by atoms with E-state index in [-0.39, 0.29) is 12.1 Å². The van der Waals surface area contributed by atoms with Crippen molar-refractivity contribution >= 4 is 22.7 Å². The molecule has 1 heterocycles. The standard InChI is InChI=1S/C34H49N3O2/c1-7-9-21-36(22-10-8-2)28-18-16-27(17-19-28)33-35-30-13-11-12-14-31(30)37(33)26(6)34(38)39-32-23-25(5)15-20-29(32)24(3)4/h11-14,16-19,24-26,29,32H,7-10,15,20-23H2,1-6H3/t25-,26-,29+,32?/m1/s1. The molecule has 2 aromatic carbocycles. The number of unbranched alkanes of at least 4 members (excludes halogenated alkanes) is 2. The molecule has 3 aromatic rings. The molecule has 4 atom stereocenters. The Morgan fingerprint density at radius 2 is 1.67 bits per heavy atom. The lowest BCUT2D eigenvalue weighted by atomic mass is 9.75. The van der Waals surface area contributed by atoms with Crippen molar-refractivity contribution in [2.24, 2.45) is 17.8 Å². The highest BCUT2D eigenvalue weighted by atomic mass is 16.5. The number of esters is 1. The van der Waals surface area contributed by atoms with E-state index in [0.717, 1.165) is 48.4 Å². The fourth-order valence-corrected chi connectivity index (χ4v) is 6.13. The number of benzene rings is 2.